The molecule has 1 heterocycles. The molecule has 0 saturated heterocycles. The molecule has 0 radical (unpaired) electrons. The van der Waals surface area contributed by atoms with Gasteiger partial charge in [-0.05, 0) is 37.8 Å². The Morgan fingerprint density at radius 2 is 2.25 bits per heavy atom. The first-order chi connectivity index (χ1) is 9.35. The summed E-state index contributed by atoms with van der Waals surface area (Å²) in [5.41, 5.74) is -0.537. The van der Waals surface area contributed by atoms with Gasteiger partial charge in [-0.25, -0.2) is 4.98 Å². The van der Waals surface area contributed by atoms with Crippen LogP contribution in [0.2, 0.25) is 0 Å². The van der Waals surface area contributed by atoms with E-state index in [4.69, 9.17) is 4.74 Å². The van der Waals surface area contributed by atoms with Gasteiger partial charge < -0.3 is 15.2 Å². The van der Waals surface area contributed by atoms with Crippen LogP contribution in [0.1, 0.15) is 44.0 Å². The van der Waals surface area contributed by atoms with Crippen molar-refractivity contribution in [2.75, 3.05) is 13.7 Å². The number of amides is 1. The molecule has 1 rings (SSSR count). The summed E-state index contributed by atoms with van der Waals surface area (Å²) in [6.07, 6.45) is 3.13. The Morgan fingerprint density at radius 1 is 1.55 bits per heavy atom. The lowest BCUT2D eigenvalue weighted by molar-refractivity contribution is 0.0428. The van der Waals surface area contributed by atoms with E-state index >= 15 is 0 Å². The molecule has 0 aliphatic carbocycles. The number of hydrogen-bond donors (Lipinski definition) is 2. The van der Waals surface area contributed by atoms with Crippen LogP contribution in [0.4, 0.5) is 0 Å². The summed E-state index contributed by atoms with van der Waals surface area (Å²) in [5.74, 6) is 0.516. The van der Waals surface area contributed by atoms with Gasteiger partial charge in [0.05, 0.1) is 12.7 Å². The van der Waals surface area contributed by atoms with Crippen LogP contribution in [-0.2, 0) is 0 Å². The van der Waals surface area contributed by atoms with Crippen molar-refractivity contribution in [3.63, 3.8) is 0 Å². The maximum atomic E-state index is 12.1. The van der Waals surface area contributed by atoms with Crippen LogP contribution < -0.4 is 10.1 Å². The lowest BCUT2D eigenvalue weighted by Gasteiger charge is -2.24. The first-order valence-electron chi connectivity index (χ1n) is 6.85. The molecule has 1 unspecified atom stereocenters. The Kier molecular flexibility index (Phi) is 5.95. The third kappa shape index (κ3) is 5.17. The van der Waals surface area contributed by atoms with Crippen LogP contribution in [0.25, 0.3) is 0 Å². The topological polar surface area (TPSA) is 71.5 Å². The number of nitrogens with one attached hydrogen (secondary N) is 1. The van der Waals surface area contributed by atoms with Gasteiger partial charge in [0.15, 0.2) is 0 Å². The monoisotopic (exact) mass is 280 g/mol. The predicted molar refractivity (Wildman–Crippen MR) is 77.8 cm³/mol. The largest absolute Gasteiger partial charge is 0.480 e. The fraction of sp³-hybridized carbons (Fsp3) is 0.600. The Labute approximate surface area is 120 Å². The summed E-state index contributed by atoms with van der Waals surface area (Å²) in [6.45, 7) is 6.15. The fourth-order valence-electron chi connectivity index (χ4n) is 1.78. The van der Waals surface area contributed by atoms with E-state index in [0.29, 0.717) is 17.9 Å². The van der Waals surface area contributed by atoms with Crippen molar-refractivity contribution in [2.24, 2.45) is 5.92 Å². The number of carbonyl (C=O) groups is 1. The summed E-state index contributed by atoms with van der Waals surface area (Å²) < 4.78 is 5.04. The third-order valence-electron chi connectivity index (χ3n) is 3.10. The number of carbonyl (C=O) groups excluding carboxylic acids is 1. The number of methoxy groups -OCH3 is 1. The standard InChI is InChI=1S/C15H24N2O3/c1-11(2)7-8-15(3,19)10-17-13(18)12-6-5-9-16-14(12)20-4/h5-6,9,11,19H,7-8,10H2,1-4H3,(H,17,18). The van der Waals surface area contributed by atoms with Gasteiger partial charge in [0, 0.05) is 12.7 Å². The average Bonchev–Trinajstić information content (AvgIpc) is 2.43. The highest BCUT2D eigenvalue weighted by Gasteiger charge is 2.22. The van der Waals surface area contributed by atoms with Crippen LogP contribution in [-0.4, -0.2) is 35.3 Å². The maximum absolute atomic E-state index is 12.1. The van der Waals surface area contributed by atoms with E-state index in [2.05, 4.69) is 24.1 Å². The molecule has 2 N–H and O–H groups in total. The van der Waals surface area contributed by atoms with E-state index < -0.39 is 5.60 Å². The number of pyridine rings is 1. The van der Waals surface area contributed by atoms with Crippen molar-refractivity contribution in [3.8, 4) is 5.88 Å². The lowest BCUT2D eigenvalue weighted by Crippen LogP contribution is -2.40. The SMILES string of the molecule is COc1ncccc1C(=O)NCC(C)(O)CCC(C)C. The van der Waals surface area contributed by atoms with E-state index in [1.54, 1.807) is 25.3 Å². The van der Waals surface area contributed by atoms with Crippen LogP contribution in [0.15, 0.2) is 18.3 Å². The second-order valence-electron chi connectivity index (χ2n) is 5.67. The lowest BCUT2D eigenvalue weighted by atomic mass is 9.95. The van der Waals surface area contributed by atoms with Crippen molar-refractivity contribution >= 4 is 5.91 Å². The summed E-state index contributed by atoms with van der Waals surface area (Å²) in [6, 6.07) is 3.32. The zero-order valence-electron chi connectivity index (χ0n) is 12.6. The molecule has 20 heavy (non-hydrogen) atoms. The van der Waals surface area contributed by atoms with Gasteiger partial charge in [-0.1, -0.05) is 13.8 Å². The summed E-state index contributed by atoms with van der Waals surface area (Å²) in [4.78, 5) is 16.0. The van der Waals surface area contributed by atoms with Crippen molar-refractivity contribution in [3.05, 3.63) is 23.9 Å². The molecule has 0 saturated carbocycles. The molecule has 5 nitrogen and oxygen atoms in total. The van der Waals surface area contributed by atoms with Crippen molar-refractivity contribution in [2.45, 2.75) is 39.2 Å². The third-order valence-corrected chi connectivity index (χ3v) is 3.10. The minimum absolute atomic E-state index is 0.205. The molecule has 1 amide bonds. The highest BCUT2D eigenvalue weighted by molar-refractivity contribution is 5.96. The van der Waals surface area contributed by atoms with Gasteiger partial charge in [0.2, 0.25) is 5.88 Å². The number of hydrogen-bond acceptors (Lipinski definition) is 4. The fourth-order valence-corrected chi connectivity index (χ4v) is 1.78. The normalized spacial score (nSPS) is 13.9. The smallest absolute Gasteiger partial charge is 0.256 e. The molecule has 0 fully saturated rings. The molecule has 1 atom stereocenters. The second-order valence-corrected chi connectivity index (χ2v) is 5.67. The van der Waals surface area contributed by atoms with Crippen LogP contribution >= 0.6 is 0 Å². The van der Waals surface area contributed by atoms with E-state index in [9.17, 15) is 9.90 Å². The molecule has 112 valence electrons. The van der Waals surface area contributed by atoms with E-state index in [-0.39, 0.29) is 18.3 Å². The highest BCUT2D eigenvalue weighted by Crippen LogP contribution is 2.17. The van der Waals surface area contributed by atoms with E-state index in [1.165, 1.54) is 7.11 Å². The molecule has 0 bridgehead atoms. The van der Waals surface area contributed by atoms with Crippen molar-refractivity contribution in [1.82, 2.24) is 10.3 Å². The van der Waals surface area contributed by atoms with Crippen molar-refractivity contribution < 1.29 is 14.6 Å². The Morgan fingerprint density at radius 3 is 2.85 bits per heavy atom. The zero-order valence-corrected chi connectivity index (χ0v) is 12.6. The summed E-state index contributed by atoms with van der Waals surface area (Å²) in [7, 11) is 1.47. The second kappa shape index (κ2) is 7.24. The number of ether oxygens (including phenoxy) is 1. The molecular formula is C15H24N2O3. The van der Waals surface area contributed by atoms with Crippen LogP contribution in [0.5, 0.6) is 5.88 Å². The van der Waals surface area contributed by atoms with Gasteiger partial charge in [0.1, 0.15) is 5.56 Å². The maximum Gasteiger partial charge on any atom is 0.256 e. The van der Waals surface area contributed by atoms with Gasteiger partial charge in [-0.15, -0.1) is 0 Å². The Balaban J connectivity index is 2.58. The molecule has 0 spiro atoms. The average molecular weight is 280 g/mol. The molecule has 5 heteroatoms. The van der Waals surface area contributed by atoms with Crippen LogP contribution in [0, 0.1) is 5.92 Å². The first-order valence-corrected chi connectivity index (χ1v) is 6.85. The number of aliphatic hydroxyl groups is 1. The molecule has 0 aromatic carbocycles. The Bertz CT molecular complexity index is 444. The minimum atomic E-state index is -0.907. The van der Waals surface area contributed by atoms with Gasteiger partial charge in [-0.3, -0.25) is 4.79 Å². The van der Waals surface area contributed by atoms with Gasteiger partial charge in [-0.2, -0.15) is 0 Å². The van der Waals surface area contributed by atoms with E-state index in [1.807, 2.05) is 0 Å². The molecule has 1 aromatic rings. The van der Waals surface area contributed by atoms with Gasteiger partial charge in [0.25, 0.3) is 5.91 Å². The quantitative estimate of drug-likeness (QED) is 0.801. The van der Waals surface area contributed by atoms with E-state index in [0.717, 1.165) is 6.42 Å². The molecule has 0 aliphatic heterocycles. The predicted octanol–water partition coefficient (Wildman–Crippen LogP) is 2.01. The minimum Gasteiger partial charge on any atom is -0.480 e. The highest BCUT2D eigenvalue weighted by atomic mass is 16.5. The molecule has 1 aromatic heterocycles. The number of nitrogens with zero attached hydrogens (tertiary/aromatic N) is 1. The summed E-state index contributed by atoms with van der Waals surface area (Å²) >= 11 is 0. The molecular weight excluding hydrogens is 256 g/mol. The zero-order chi connectivity index (χ0) is 15.2. The summed E-state index contributed by atoms with van der Waals surface area (Å²) in [5, 5.41) is 13.0. The van der Waals surface area contributed by atoms with Crippen LogP contribution in [0.3, 0.4) is 0 Å². The number of rotatable bonds is 7. The first kappa shape index (κ1) is 16.4. The Hall–Kier alpha value is -1.62. The molecule has 0 aliphatic rings. The van der Waals surface area contributed by atoms with Gasteiger partial charge >= 0.3 is 0 Å². The number of aromatic nitrogens is 1. The van der Waals surface area contributed by atoms with Crippen molar-refractivity contribution in [1.29, 1.82) is 0 Å².